The molecule has 1 unspecified atom stereocenters. The standard InChI is InChI=1S/C8H14N2O2/c1-12-5-2-8(11)7-6-9-3-4-10-7/h2,5,7,9-10H,3-4,6H2,1H3. The van der Waals surface area contributed by atoms with Crippen molar-refractivity contribution in [1.82, 2.24) is 10.6 Å². The molecule has 2 N–H and O–H groups in total. The molecule has 1 heterocycles. The van der Waals surface area contributed by atoms with Gasteiger partial charge in [0.2, 0.25) is 0 Å². The first-order valence-electron chi connectivity index (χ1n) is 4.02. The molecule has 1 saturated heterocycles. The highest BCUT2D eigenvalue weighted by Gasteiger charge is 2.17. The van der Waals surface area contributed by atoms with Crippen LogP contribution in [0.15, 0.2) is 12.3 Å². The zero-order valence-corrected chi connectivity index (χ0v) is 7.17. The Balaban J connectivity index is 2.34. The normalized spacial score (nSPS) is 24.2. The van der Waals surface area contributed by atoms with Crippen molar-refractivity contribution in [2.75, 3.05) is 26.7 Å². The van der Waals surface area contributed by atoms with Gasteiger partial charge in [0.1, 0.15) is 0 Å². The highest BCUT2D eigenvalue weighted by atomic mass is 16.5. The van der Waals surface area contributed by atoms with E-state index in [1.54, 1.807) is 0 Å². The number of hydrogen-bond acceptors (Lipinski definition) is 4. The second kappa shape index (κ2) is 4.90. The van der Waals surface area contributed by atoms with Crippen molar-refractivity contribution in [1.29, 1.82) is 0 Å². The molecule has 0 saturated carbocycles. The Bertz CT molecular complexity index is 174. The minimum absolute atomic E-state index is 0.0593. The summed E-state index contributed by atoms with van der Waals surface area (Å²) in [6.45, 7) is 2.47. The Morgan fingerprint density at radius 2 is 2.42 bits per heavy atom. The fourth-order valence-corrected chi connectivity index (χ4v) is 1.11. The van der Waals surface area contributed by atoms with Crippen LogP contribution in [0.2, 0.25) is 0 Å². The van der Waals surface area contributed by atoms with E-state index in [-0.39, 0.29) is 11.8 Å². The third-order valence-corrected chi connectivity index (χ3v) is 1.75. The van der Waals surface area contributed by atoms with E-state index in [0.717, 1.165) is 13.1 Å². The molecule has 0 aromatic rings. The van der Waals surface area contributed by atoms with Gasteiger partial charge in [-0.3, -0.25) is 4.79 Å². The summed E-state index contributed by atoms with van der Waals surface area (Å²) in [5.41, 5.74) is 0. The molecule has 1 aliphatic heterocycles. The number of ketones is 1. The molecule has 4 heteroatoms. The number of piperazine rings is 1. The van der Waals surface area contributed by atoms with Gasteiger partial charge in [0.05, 0.1) is 19.4 Å². The van der Waals surface area contributed by atoms with Gasteiger partial charge in [-0.2, -0.15) is 0 Å². The van der Waals surface area contributed by atoms with Gasteiger partial charge in [0.15, 0.2) is 5.78 Å². The van der Waals surface area contributed by atoms with Gasteiger partial charge in [-0.05, 0) is 0 Å². The van der Waals surface area contributed by atoms with Gasteiger partial charge in [-0.25, -0.2) is 0 Å². The first-order chi connectivity index (χ1) is 5.84. The van der Waals surface area contributed by atoms with Gasteiger partial charge in [0.25, 0.3) is 0 Å². The number of ether oxygens (including phenoxy) is 1. The summed E-state index contributed by atoms with van der Waals surface area (Å²) in [6, 6.07) is -0.0925. The minimum Gasteiger partial charge on any atom is -0.504 e. The number of rotatable bonds is 3. The van der Waals surface area contributed by atoms with Crippen molar-refractivity contribution in [2.24, 2.45) is 0 Å². The predicted octanol–water partition coefficient (Wildman–Crippen LogP) is -0.723. The monoisotopic (exact) mass is 170 g/mol. The summed E-state index contributed by atoms with van der Waals surface area (Å²) in [5, 5.41) is 6.24. The fraction of sp³-hybridized carbons (Fsp3) is 0.625. The van der Waals surface area contributed by atoms with E-state index >= 15 is 0 Å². The van der Waals surface area contributed by atoms with Crippen molar-refractivity contribution < 1.29 is 9.53 Å². The van der Waals surface area contributed by atoms with Crippen molar-refractivity contribution in [2.45, 2.75) is 6.04 Å². The average Bonchev–Trinajstić information content (AvgIpc) is 2.15. The van der Waals surface area contributed by atoms with Crippen LogP contribution in [0.1, 0.15) is 0 Å². The molecule has 1 fully saturated rings. The molecule has 12 heavy (non-hydrogen) atoms. The van der Waals surface area contributed by atoms with Crippen LogP contribution < -0.4 is 10.6 Å². The Kier molecular flexibility index (Phi) is 3.76. The minimum atomic E-state index is -0.0925. The van der Waals surface area contributed by atoms with Crippen LogP contribution in [0.3, 0.4) is 0 Å². The summed E-state index contributed by atoms with van der Waals surface area (Å²) in [6.07, 6.45) is 2.85. The lowest BCUT2D eigenvalue weighted by molar-refractivity contribution is -0.116. The highest BCUT2D eigenvalue weighted by Crippen LogP contribution is 1.91. The SMILES string of the molecule is COC=CC(=O)C1CNCCN1. The first-order valence-corrected chi connectivity index (χ1v) is 4.02. The molecule has 0 aromatic heterocycles. The molecule has 0 spiro atoms. The quantitative estimate of drug-likeness (QED) is 0.433. The first kappa shape index (κ1) is 9.22. The lowest BCUT2D eigenvalue weighted by atomic mass is 10.1. The summed E-state index contributed by atoms with van der Waals surface area (Å²) < 4.78 is 4.65. The molecule has 68 valence electrons. The van der Waals surface area contributed by atoms with Gasteiger partial charge >= 0.3 is 0 Å². The highest BCUT2D eigenvalue weighted by molar-refractivity contribution is 5.94. The van der Waals surface area contributed by atoms with E-state index in [1.165, 1.54) is 19.4 Å². The van der Waals surface area contributed by atoms with Gasteiger partial charge in [-0.1, -0.05) is 0 Å². The maximum absolute atomic E-state index is 11.3. The van der Waals surface area contributed by atoms with Crippen LogP contribution >= 0.6 is 0 Å². The molecule has 0 bridgehead atoms. The molecule has 0 amide bonds. The molecular formula is C8H14N2O2. The third-order valence-electron chi connectivity index (χ3n) is 1.75. The molecule has 0 radical (unpaired) electrons. The summed E-state index contributed by atoms with van der Waals surface area (Å²) >= 11 is 0. The largest absolute Gasteiger partial charge is 0.504 e. The number of carbonyl (C=O) groups is 1. The summed E-state index contributed by atoms with van der Waals surface area (Å²) in [5.74, 6) is 0.0593. The van der Waals surface area contributed by atoms with E-state index in [4.69, 9.17) is 0 Å². The maximum Gasteiger partial charge on any atom is 0.176 e. The van der Waals surface area contributed by atoms with E-state index in [1.807, 2.05) is 0 Å². The van der Waals surface area contributed by atoms with Crippen molar-refractivity contribution in [3.63, 3.8) is 0 Å². The Hall–Kier alpha value is -0.870. The fourth-order valence-electron chi connectivity index (χ4n) is 1.11. The van der Waals surface area contributed by atoms with Crippen LogP contribution in [0.25, 0.3) is 0 Å². The average molecular weight is 170 g/mol. The molecule has 1 atom stereocenters. The van der Waals surface area contributed by atoms with Gasteiger partial charge in [0, 0.05) is 25.7 Å². The van der Waals surface area contributed by atoms with Gasteiger partial charge < -0.3 is 15.4 Å². The second-order valence-corrected chi connectivity index (χ2v) is 2.65. The van der Waals surface area contributed by atoms with Crippen molar-refractivity contribution >= 4 is 5.78 Å². The number of nitrogens with one attached hydrogen (secondary N) is 2. The van der Waals surface area contributed by atoms with Crippen LogP contribution in [-0.4, -0.2) is 38.6 Å². The number of carbonyl (C=O) groups excluding carboxylic acids is 1. The zero-order chi connectivity index (χ0) is 8.81. The topological polar surface area (TPSA) is 50.4 Å². The summed E-state index contributed by atoms with van der Waals surface area (Å²) in [4.78, 5) is 11.3. The second-order valence-electron chi connectivity index (χ2n) is 2.65. The van der Waals surface area contributed by atoms with E-state index in [9.17, 15) is 4.79 Å². The molecule has 0 aliphatic carbocycles. The smallest absolute Gasteiger partial charge is 0.176 e. The number of methoxy groups -OCH3 is 1. The number of hydrogen-bond donors (Lipinski definition) is 2. The molecule has 0 aromatic carbocycles. The Morgan fingerprint density at radius 1 is 1.58 bits per heavy atom. The zero-order valence-electron chi connectivity index (χ0n) is 7.17. The van der Waals surface area contributed by atoms with E-state index in [0.29, 0.717) is 6.54 Å². The van der Waals surface area contributed by atoms with Crippen LogP contribution in [0, 0.1) is 0 Å². The Morgan fingerprint density at radius 3 is 3.00 bits per heavy atom. The molecular weight excluding hydrogens is 156 g/mol. The third kappa shape index (κ3) is 2.64. The lowest BCUT2D eigenvalue weighted by Crippen LogP contribution is -2.51. The van der Waals surface area contributed by atoms with E-state index < -0.39 is 0 Å². The van der Waals surface area contributed by atoms with Crippen LogP contribution in [0.4, 0.5) is 0 Å². The van der Waals surface area contributed by atoms with Crippen molar-refractivity contribution in [3.05, 3.63) is 12.3 Å². The van der Waals surface area contributed by atoms with Gasteiger partial charge in [-0.15, -0.1) is 0 Å². The molecule has 1 rings (SSSR count). The van der Waals surface area contributed by atoms with Crippen molar-refractivity contribution in [3.8, 4) is 0 Å². The van der Waals surface area contributed by atoms with E-state index in [2.05, 4.69) is 15.4 Å². The molecule has 4 nitrogen and oxygen atoms in total. The summed E-state index contributed by atoms with van der Waals surface area (Å²) in [7, 11) is 1.52. The maximum atomic E-state index is 11.3. The lowest BCUT2D eigenvalue weighted by Gasteiger charge is -2.21. The predicted molar refractivity (Wildman–Crippen MR) is 45.8 cm³/mol. The molecule has 1 aliphatic rings. The Labute approximate surface area is 72.0 Å². The van der Waals surface area contributed by atoms with Crippen LogP contribution in [-0.2, 0) is 9.53 Å². The van der Waals surface area contributed by atoms with Crippen LogP contribution in [0.5, 0.6) is 0 Å².